The van der Waals surface area contributed by atoms with Gasteiger partial charge in [-0.05, 0) is 182 Å². The first-order valence-corrected chi connectivity index (χ1v) is 43.4. The summed E-state index contributed by atoms with van der Waals surface area (Å²) < 4.78 is 12.3. The maximum Gasteiger partial charge on any atom is 0.340 e. The van der Waals surface area contributed by atoms with Crippen molar-refractivity contribution in [1.29, 1.82) is 0 Å². The van der Waals surface area contributed by atoms with Gasteiger partial charge < -0.3 is 82.9 Å². The standard InChI is InChI=1S/C96H113N9O21.CH4/c1-56(85(97)116)99-86(117)57(2)100-90(121)78(55-106)103-93(124)95(4)44-18-11-9-7-5-6-8-10-17-43-94(3,105-88(119)64(46-58-21-13-12-14-22-58)49-67(108)25-20-28-79(111)61-31-37-72-71(50-61)91(122)126-96(72)73-38-35-68(109)52-82(73)125-83-53-69(110)36-39-74(83)96)92(123)102-76(40-42-84(114)115)89(120)101-77(47-60-29-33-66(107)34-30-60)81(113)51-63(48-65-54-98-75-27-16-15-26-70(65)75)80(112)41-32-62(87(118)104-95)45-59-23-19-24-59;/h7,9,12-16,21-22,26-27,29-31,33-39,50,52-54,56-57,59,62-64,76-78,98,106-107,109-110H,5-6,8,10-11,17-20,23-25,28,32,40-49,51,55H2,1-4H3,(H2,97,116)(H,99,117)(H,100,121)(H,101,120)(H,102,123)(H,103,124)(H,104,118)(H,105,119)(H,114,115);1H4/b9-7+;/t56?,57-,62-,63+,64+,76-,77-,78?,94+,95-;/m0./s1. The van der Waals surface area contributed by atoms with E-state index in [-0.39, 0.29) is 124 Å². The number of carboxylic acid groups (broad SMARTS) is 1. The number of benzene rings is 6. The number of primary amides is 1. The Balaban J connectivity index is 0.0000168. The smallest absolute Gasteiger partial charge is 0.340 e. The number of hydrogen-bond donors (Lipinski definition) is 14. The van der Waals surface area contributed by atoms with E-state index in [2.05, 4.69) is 42.2 Å². The predicted octanol–water partition coefficient (Wildman–Crippen LogP) is 10.5. The number of esters is 1. The number of amides is 8. The monoisotopic (exact) mass is 1740 g/mol. The van der Waals surface area contributed by atoms with Crippen LogP contribution in [0, 0.1) is 23.7 Å². The van der Waals surface area contributed by atoms with Crippen molar-refractivity contribution >= 4 is 93.2 Å². The zero-order valence-electron chi connectivity index (χ0n) is 71.4. The molecule has 30 nitrogen and oxygen atoms in total. The summed E-state index contributed by atoms with van der Waals surface area (Å²) in [6.07, 6.45) is 8.93. The summed E-state index contributed by atoms with van der Waals surface area (Å²) in [5, 5.41) is 71.8. The van der Waals surface area contributed by atoms with E-state index in [1.54, 1.807) is 60.8 Å². The summed E-state index contributed by atoms with van der Waals surface area (Å²) in [5.74, 6) is -13.6. The van der Waals surface area contributed by atoms with E-state index in [1.165, 1.54) is 82.3 Å². The number of ketones is 4. The lowest BCUT2D eigenvalue weighted by atomic mass is 9.76. The molecule has 1 saturated carbocycles. The largest absolute Gasteiger partial charge is 0.508 e. The van der Waals surface area contributed by atoms with Crippen LogP contribution in [0.4, 0.5) is 0 Å². The molecule has 6 aromatic carbocycles. The Morgan fingerprint density at radius 1 is 0.614 bits per heavy atom. The second-order valence-corrected chi connectivity index (χ2v) is 34.3. The van der Waals surface area contributed by atoms with Gasteiger partial charge in [0.05, 0.1) is 18.2 Å². The second-order valence-electron chi connectivity index (χ2n) is 34.3. The number of aromatic nitrogens is 1. The molecule has 127 heavy (non-hydrogen) atoms. The van der Waals surface area contributed by atoms with Crippen molar-refractivity contribution in [2.45, 2.75) is 243 Å². The lowest BCUT2D eigenvalue weighted by Crippen LogP contribution is -2.62. The molecule has 8 amide bonds. The Morgan fingerprint density at radius 2 is 1.27 bits per heavy atom. The minimum Gasteiger partial charge on any atom is -0.508 e. The molecule has 10 atom stereocenters. The van der Waals surface area contributed by atoms with Crippen LogP contribution in [0.15, 0.2) is 152 Å². The van der Waals surface area contributed by atoms with Crippen molar-refractivity contribution in [1.82, 2.24) is 42.2 Å². The molecule has 1 aromatic heterocycles. The Labute approximate surface area is 737 Å². The number of nitrogens with one attached hydrogen (secondary N) is 8. The number of rotatable bonds is 28. The average molecular weight is 1750 g/mol. The number of aromatic amines is 1. The number of carbonyl (C=O) groups is 14. The molecule has 2 unspecified atom stereocenters. The van der Waals surface area contributed by atoms with Crippen LogP contribution < -0.4 is 47.7 Å². The number of carboxylic acids is 1. The number of hydrogen-bond acceptors (Lipinski definition) is 20. The van der Waals surface area contributed by atoms with Crippen LogP contribution >= 0.6 is 0 Å². The normalized spacial score (nSPS) is 21.5. The van der Waals surface area contributed by atoms with E-state index >= 15 is 28.8 Å². The molecule has 1 fully saturated rings. The number of ether oxygens (including phenoxy) is 2. The molecule has 0 bridgehead atoms. The van der Waals surface area contributed by atoms with Crippen LogP contribution in [0.1, 0.15) is 230 Å². The average Bonchev–Trinajstić information content (AvgIpc) is 1.57. The molecule has 1 spiro atoms. The molecule has 0 radical (unpaired) electrons. The van der Waals surface area contributed by atoms with E-state index in [1.807, 2.05) is 36.4 Å². The van der Waals surface area contributed by atoms with Gasteiger partial charge in [0.25, 0.3) is 0 Å². The van der Waals surface area contributed by atoms with Crippen molar-refractivity contribution in [3.8, 4) is 28.7 Å². The van der Waals surface area contributed by atoms with Crippen molar-refractivity contribution in [2.75, 3.05) is 6.61 Å². The van der Waals surface area contributed by atoms with Crippen LogP contribution in [0.2, 0.25) is 0 Å². The number of para-hydroxylation sites is 1. The fourth-order valence-electron chi connectivity index (χ4n) is 16.9. The number of phenols is 3. The van der Waals surface area contributed by atoms with E-state index in [9.17, 15) is 63.9 Å². The summed E-state index contributed by atoms with van der Waals surface area (Å²) in [5.41, 5.74) is 4.03. The van der Waals surface area contributed by atoms with Gasteiger partial charge in [0, 0.05) is 108 Å². The fraction of sp³-hybridized carbons (Fsp3) is 0.443. The fourth-order valence-corrected chi connectivity index (χ4v) is 16.9. The van der Waals surface area contributed by atoms with E-state index in [0.717, 1.165) is 30.2 Å². The molecular weight excluding hydrogens is 1630 g/mol. The second kappa shape index (κ2) is 43.8. The predicted molar refractivity (Wildman–Crippen MR) is 471 cm³/mol. The van der Waals surface area contributed by atoms with Gasteiger partial charge in [0.1, 0.15) is 75.6 Å². The van der Waals surface area contributed by atoms with Crippen LogP contribution in [-0.2, 0) is 87.1 Å². The molecule has 1 aliphatic carbocycles. The van der Waals surface area contributed by atoms with Crippen molar-refractivity contribution in [3.05, 3.63) is 196 Å². The summed E-state index contributed by atoms with van der Waals surface area (Å²) >= 11 is 0. The molecule has 15 N–H and O–H groups in total. The highest BCUT2D eigenvalue weighted by Crippen LogP contribution is 2.57. The number of aromatic hydroxyl groups is 3. The number of aliphatic hydroxyl groups excluding tert-OH is 1. The zero-order valence-corrected chi connectivity index (χ0v) is 71.4. The highest BCUT2D eigenvalue weighted by molar-refractivity contribution is 6.04. The summed E-state index contributed by atoms with van der Waals surface area (Å²) in [6, 6.07) is 28.1. The lowest BCUT2D eigenvalue weighted by Gasteiger charge is -2.36. The molecular formula is C97H117N9O21. The molecule has 4 heterocycles. The summed E-state index contributed by atoms with van der Waals surface area (Å²) in [4.78, 5) is 204. The highest BCUT2D eigenvalue weighted by atomic mass is 16.6. The molecule has 4 aliphatic rings. The molecule has 3 aliphatic heterocycles. The number of aliphatic hydroxyl groups is 1. The maximum absolute atomic E-state index is 15.6. The molecule has 7 aromatic rings. The van der Waals surface area contributed by atoms with E-state index < -0.39 is 173 Å². The number of allylic oxidation sites excluding steroid dienone is 2. The number of carbonyl (C=O) groups excluding carboxylic acids is 13. The van der Waals surface area contributed by atoms with Gasteiger partial charge >= 0.3 is 11.9 Å². The van der Waals surface area contributed by atoms with Gasteiger partial charge in [-0.15, -0.1) is 0 Å². The number of H-pyrrole nitrogens is 1. The van der Waals surface area contributed by atoms with Gasteiger partial charge in [-0.1, -0.05) is 131 Å². The minimum atomic E-state index is -1.88. The number of nitrogens with two attached hydrogens (primary N) is 1. The number of Topliss-reactive ketones (excluding diaryl/α,β-unsaturated/α-hetero) is 4. The molecule has 11 rings (SSSR count). The lowest BCUT2D eigenvalue weighted by molar-refractivity contribution is -0.140. The van der Waals surface area contributed by atoms with Crippen molar-refractivity contribution in [3.63, 3.8) is 0 Å². The van der Waals surface area contributed by atoms with Crippen molar-refractivity contribution in [2.24, 2.45) is 29.4 Å². The first-order chi connectivity index (χ1) is 60.2. The van der Waals surface area contributed by atoms with Crippen LogP contribution in [-0.4, -0.2) is 161 Å². The first-order valence-electron chi connectivity index (χ1n) is 43.4. The minimum absolute atomic E-state index is 0. The van der Waals surface area contributed by atoms with E-state index in [4.69, 9.17) is 15.2 Å². The molecule has 676 valence electrons. The van der Waals surface area contributed by atoms with E-state index in [0.29, 0.717) is 84.7 Å². The Morgan fingerprint density at radius 3 is 1.94 bits per heavy atom. The highest BCUT2D eigenvalue weighted by Gasteiger charge is 2.54. The van der Waals surface area contributed by atoms with Crippen LogP contribution in [0.25, 0.3) is 10.9 Å². The SMILES string of the molecule is C.CC(NC(=O)[C@H](C)NC(=O)C(CO)NC(=O)[C@]1(C)CCC/C=C/CCCCCC[C@@](C)(NC(=O)[C@@H](CC(=O)CCCC(=O)c2ccc3c(c2)C(=O)OC32c3ccc(O)cc3Oc3cc(O)ccc32)Cc2ccccc2)C(=O)N[C@@H](CCC(=O)O)C(=O)N[C@@H](Cc2ccc(O)cc2)C(=O)C[C@@H](Cc2c[nH]c3ccccc23)C(=O)CC[C@@H](CC2CCC2)C(=O)N1)C(N)=O. The van der Waals surface area contributed by atoms with Gasteiger partial charge in [-0.2, -0.15) is 0 Å². The third-order valence-electron chi connectivity index (χ3n) is 24.6. The Hall–Kier alpha value is -12.9. The van der Waals surface area contributed by atoms with Gasteiger partial charge in [-0.25, -0.2) is 4.79 Å². The van der Waals surface area contributed by atoms with Gasteiger partial charge in [0.15, 0.2) is 17.2 Å². The number of aliphatic carboxylic acids is 1. The Kier molecular flexibility index (Phi) is 33.3. The zero-order chi connectivity index (χ0) is 90.6. The molecule has 0 saturated heterocycles. The topological polar surface area (TPSA) is 485 Å². The Bertz CT molecular complexity index is 5180. The molecule has 30 heteroatoms. The number of fused-ring (bicyclic) bond motifs is 7. The number of phenolic OH excluding ortho intramolecular Hbond substituents is 3. The quantitative estimate of drug-likeness (QED) is 0.0123. The van der Waals surface area contributed by atoms with Gasteiger partial charge in [-0.3, -0.25) is 62.3 Å². The van der Waals surface area contributed by atoms with Gasteiger partial charge in [0.2, 0.25) is 47.3 Å². The summed E-state index contributed by atoms with van der Waals surface area (Å²) in [7, 11) is 0. The van der Waals surface area contributed by atoms with Crippen molar-refractivity contribution < 1.29 is 102 Å². The third-order valence-corrected chi connectivity index (χ3v) is 24.6. The maximum atomic E-state index is 15.6. The third kappa shape index (κ3) is 24.9. The van der Waals surface area contributed by atoms with Crippen LogP contribution in [0.3, 0.4) is 0 Å². The first kappa shape index (κ1) is 96.4. The summed E-state index contributed by atoms with van der Waals surface area (Å²) in [6.45, 7) is 4.73. The van der Waals surface area contributed by atoms with Crippen LogP contribution in [0.5, 0.6) is 28.7 Å².